The van der Waals surface area contributed by atoms with Crippen molar-refractivity contribution in [3.05, 3.63) is 53.8 Å². The van der Waals surface area contributed by atoms with Crippen LogP contribution in [0.5, 0.6) is 0 Å². The SMILES string of the molecule is CC1Cc2ccccc2N(C2=C[C@@H]3NC3C=C2)C1C. The highest BCUT2D eigenvalue weighted by Crippen LogP contribution is 2.38. The number of benzene rings is 1. The van der Waals surface area contributed by atoms with Gasteiger partial charge in [0.2, 0.25) is 0 Å². The van der Waals surface area contributed by atoms with Gasteiger partial charge in [0.25, 0.3) is 0 Å². The summed E-state index contributed by atoms with van der Waals surface area (Å²) < 4.78 is 0. The first-order valence-corrected chi connectivity index (χ1v) is 7.27. The summed E-state index contributed by atoms with van der Waals surface area (Å²) in [5.74, 6) is 0.689. The van der Waals surface area contributed by atoms with E-state index in [2.05, 4.69) is 66.6 Å². The zero-order valence-electron chi connectivity index (χ0n) is 11.5. The predicted molar refractivity (Wildman–Crippen MR) is 79.2 cm³/mol. The van der Waals surface area contributed by atoms with E-state index in [4.69, 9.17) is 0 Å². The van der Waals surface area contributed by atoms with Gasteiger partial charge in [-0.3, -0.25) is 0 Å². The van der Waals surface area contributed by atoms with E-state index in [9.17, 15) is 0 Å². The number of hydrogen-bond acceptors (Lipinski definition) is 2. The van der Waals surface area contributed by atoms with Gasteiger partial charge in [-0.15, -0.1) is 0 Å². The lowest BCUT2D eigenvalue weighted by Gasteiger charge is -2.42. The monoisotopic (exact) mass is 252 g/mol. The van der Waals surface area contributed by atoms with Crippen molar-refractivity contribution in [2.24, 2.45) is 5.92 Å². The fraction of sp³-hybridized carbons (Fsp3) is 0.412. The maximum absolute atomic E-state index is 3.46. The molecule has 98 valence electrons. The fourth-order valence-electron chi connectivity index (χ4n) is 3.38. The Bertz CT molecular complexity index is 572. The van der Waals surface area contributed by atoms with Gasteiger partial charge in [0.05, 0.1) is 0 Å². The van der Waals surface area contributed by atoms with Crippen LogP contribution < -0.4 is 10.2 Å². The van der Waals surface area contributed by atoms with Crippen molar-refractivity contribution in [3.63, 3.8) is 0 Å². The average molecular weight is 252 g/mol. The molecule has 0 amide bonds. The number of rotatable bonds is 1. The largest absolute Gasteiger partial charge is 0.338 e. The summed E-state index contributed by atoms with van der Waals surface area (Å²) in [7, 11) is 0. The van der Waals surface area contributed by atoms with Crippen LogP contribution in [0.1, 0.15) is 19.4 Å². The summed E-state index contributed by atoms with van der Waals surface area (Å²) in [5, 5.41) is 3.46. The van der Waals surface area contributed by atoms with Gasteiger partial charge >= 0.3 is 0 Å². The molecule has 4 rings (SSSR count). The van der Waals surface area contributed by atoms with Crippen molar-refractivity contribution in [1.29, 1.82) is 0 Å². The normalized spacial score (nSPS) is 35.5. The van der Waals surface area contributed by atoms with Crippen molar-refractivity contribution in [2.75, 3.05) is 4.90 Å². The lowest BCUT2D eigenvalue weighted by atomic mass is 9.87. The molecule has 0 bridgehead atoms. The molecule has 1 saturated heterocycles. The highest BCUT2D eigenvalue weighted by molar-refractivity contribution is 5.64. The van der Waals surface area contributed by atoms with Crippen molar-refractivity contribution in [2.45, 2.75) is 38.4 Å². The quantitative estimate of drug-likeness (QED) is 0.778. The first kappa shape index (κ1) is 11.3. The minimum atomic E-state index is 0.557. The topological polar surface area (TPSA) is 25.2 Å². The standard InChI is InChI=1S/C17H20N2/c1-11-9-13-5-3-4-6-17(13)19(12(11)2)14-7-8-15-16(10-14)18-15/h3-8,10-12,15-16,18H,9H2,1-2H3/t11?,12?,15?,16-/m0/s1. The highest BCUT2D eigenvalue weighted by Gasteiger charge is 2.37. The Balaban J connectivity index is 1.79. The van der Waals surface area contributed by atoms with Gasteiger partial charge in [-0.2, -0.15) is 0 Å². The van der Waals surface area contributed by atoms with Gasteiger partial charge < -0.3 is 10.2 Å². The van der Waals surface area contributed by atoms with E-state index in [1.165, 1.54) is 23.4 Å². The second-order valence-electron chi connectivity index (χ2n) is 6.09. The number of fused-ring (bicyclic) bond motifs is 2. The molecule has 4 atom stereocenters. The molecule has 0 spiro atoms. The molecule has 2 heterocycles. The van der Waals surface area contributed by atoms with Crippen molar-refractivity contribution in [3.8, 4) is 0 Å². The first-order chi connectivity index (χ1) is 9.24. The Morgan fingerprint density at radius 1 is 1.16 bits per heavy atom. The fourth-order valence-corrected chi connectivity index (χ4v) is 3.38. The predicted octanol–water partition coefficient (Wildman–Crippen LogP) is 2.87. The van der Waals surface area contributed by atoms with E-state index in [1.54, 1.807) is 0 Å². The van der Waals surface area contributed by atoms with E-state index in [0.717, 1.165) is 0 Å². The van der Waals surface area contributed by atoms with Crippen LogP contribution in [0.15, 0.2) is 48.2 Å². The molecule has 0 aromatic heterocycles. The lowest BCUT2D eigenvalue weighted by Crippen LogP contribution is -2.41. The third-order valence-corrected chi connectivity index (χ3v) is 4.79. The van der Waals surface area contributed by atoms with Crippen molar-refractivity contribution >= 4 is 5.69 Å². The molecule has 2 aliphatic heterocycles. The Morgan fingerprint density at radius 2 is 2.00 bits per heavy atom. The van der Waals surface area contributed by atoms with Crippen LogP contribution in [-0.4, -0.2) is 18.1 Å². The molecule has 3 aliphatic rings. The molecule has 0 saturated carbocycles. The van der Waals surface area contributed by atoms with Crippen LogP contribution in [0.3, 0.4) is 0 Å². The smallest absolute Gasteiger partial charge is 0.0470 e. The van der Waals surface area contributed by atoms with E-state index in [0.29, 0.717) is 24.0 Å². The number of anilines is 1. The molecular weight excluding hydrogens is 232 g/mol. The Hall–Kier alpha value is -1.54. The third-order valence-electron chi connectivity index (χ3n) is 4.79. The average Bonchev–Trinajstić information content (AvgIpc) is 3.18. The minimum Gasteiger partial charge on any atom is -0.338 e. The van der Waals surface area contributed by atoms with Crippen LogP contribution in [-0.2, 0) is 6.42 Å². The third kappa shape index (κ3) is 1.74. The van der Waals surface area contributed by atoms with E-state index < -0.39 is 0 Å². The maximum Gasteiger partial charge on any atom is 0.0470 e. The number of nitrogens with zero attached hydrogens (tertiary/aromatic N) is 1. The van der Waals surface area contributed by atoms with Crippen molar-refractivity contribution in [1.82, 2.24) is 5.32 Å². The molecule has 1 fully saturated rings. The van der Waals surface area contributed by atoms with E-state index in [-0.39, 0.29) is 0 Å². The second kappa shape index (κ2) is 3.97. The van der Waals surface area contributed by atoms with Crippen LogP contribution in [0.4, 0.5) is 5.69 Å². The molecule has 2 nitrogen and oxygen atoms in total. The summed E-state index contributed by atoms with van der Waals surface area (Å²) in [6.07, 6.45) is 8.16. The zero-order valence-corrected chi connectivity index (χ0v) is 11.5. The lowest BCUT2D eigenvalue weighted by molar-refractivity contribution is 0.447. The molecule has 3 unspecified atom stereocenters. The van der Waals surface area contributed by atoms with Crippen LogP contribution in [0, 0.1) is 5.92 Å². The summed E-state index contributed by atoms with van der Waals surface area (Å²) in [6, 6.07) is 10.6. The van der Waals surface area contributed by atoms with Crippen molar-refractivity contribution < 1.29 is 0 Å². The Morgan fingerprint density at radius 3 is 2.84 bits per heavy atom. The van der Waals surface area contributed by atoms with Crippen LogP contribution >= 0.6 is 0 Å². The summed E-state index contributed by atoms with van der Waals surface area (Å²) in [5.41, 5.74) is 4.23. The molecule has 1 aromatic carbocycles. The molecule has 19 heavy (non-hydrogen) atoms. The van der Waals surface area contributed by atoms with Gasteiger partial charge in [0, 0.05) is 29.5 Å². The highest BCUT2D eigenvalue weighted by atomic mass is 15.2. The zero-order chi connectivity index (χ0) is 13.0. The van der Waals surface area contributed by atoms with Gasteiger partial charge in [0.15, 0.2) is 0 Å². The molecule has 1 aliphatic carbocycles. The van der Waals surface area contributed by atoms with Gasteiger partial charge in [-0.1, -0.05) is 31.2 Å². The molecule has 2 heteroatoms. The summed E-state index contributed by atoms with van der Waals surface area (Å²) in [4.78, 5) is 2.52. The Labute approximate surface area is 114 Å². The number of allylic oxidation sites excluding steroid dienone is 1. The van der Waals surface area contributed by atoms with E-state index in [1.807, 2.05) is 0 Å². The summed E-state index contributed by atoms with van der Waals surface area (Å²) in [6.45, 7) is 4.71. The molecule has 0 radical (unpaired) electrons. The molecule has 1 N–H and O–H groups in total. The van der Waals surface area contributed by atoms with Crippen LogP contribution in [0.25, 0.3) is 0 Å². The van der Waals surface area contributed by atoms with Gasteiger partial charge in [0.1, 0.15) is 0 Å². The van der Waals surface area contributed by atoms with Crippen LogP contribution in [0.2, 0.25) is 0 Å². The first-order valence-electron chi connectivity index (χ1n) is 7.27. The molecular formula is C17H20N2. The Kier molecular flexibility index (Phi) is 2.36. The van der Waals surface area contributed by atoms with E-state index >= 15 is 0 Å². The number of nitrogens with one attached hydrogen (secondary N) is 1. The van der Waals surface area contributed by atoms with Gasteiger partial charge in [-0.25, -0.2) is 0 Å². The van der Waals surface area contributed by atoms with Gasteiger partial charge in [-0.05, 0) is 43.0 Å². The number of para-hydroxylation sites is 1. The molecule has 1 aromatic rings. The minimum absolute atomic E-state index is 0.557. The maximum atomic E-state index is 3.46. The summed E-state index contributed by atoms with van der Waals surface area (Å²) >= 11 is 0. The number of hydrogen-bond donors (Lipinski definition) is 1. The second-order valence-corrected chi connectivity index (χ2v) is 6.09.